The Bertz CT molecular complexity index is 492. The molecule has 0 fully saturated rings. The smallest absolute Gasteiger partial charge is 0.337 e. The molecule has 0 saturated carbocycles. The van der Waals surface area contributed by atoms with E-state index in [9.17, 15) is 9.59 Å². The minimum atomic E-state index is -0.384. The van der Waals surface area contributed by atoms with Crippen LogP contribution >= 0.6 is 0 Å². The Hall–Kier alpha value is -2.10. The first-order valence-electron chi connectivity index (χ1n) is 6.35. The van der Waals surface area contributed by atoms with Crippen molar-refractivity contribution in [3.8, 4) is 0 Å². The van der Waals surface area contributed by atoms with Crippen LogP contribution in [0.5, 0.6) is 0 Å². The van der Waals surface area contributed by atoms with Crippen molar-refractivity contribution in [3.05, 3.63) is 41.5 Å². The molecular weight excluding hydrogens is 256 g/mol. The fraction of sp³-hybridized carbons (Fsp3) is 0.375. The van der Waals surface area contributed by atoms with Gasteiger partial charge in [-0.05, 0) is 29.2 Å². The van der Waals surface area contributed by atoms with E-state index in [0.29, 0.717) is 12.2 Å². The first kappa shape index (κ1) is 16.0. The molecule has 0 amide bonds. The van der Waals surface area contributed by atoms with Crippen molar-refractivity contribution in [2.75, 3.05) is 13.7 Å². The fourth-order valence-electron chi connectivity index (χ4n) is 1.35. The van der Waals surface area contributed by atoms with E-state index in [4.69, 9.17) is 4.74 Å². The van der Waals surface area contributed by atoms with Crippen molar-refractivity contribution in [3.63, 3.8) is 0 Å². The first-order valence-corrected chi connectivity index (χ1v) is 6.35. The molecule has 4 heteroatoms. The second kappa shape index (κ2) is 6.89. The van der Waals surface area contributed by atoms with Crippen molar-refractivity contribution < 1.29 is 19.1 Å². The van der Waals surface area contributed by atoms with E-state index in [1.54, 1.807) is 30.3 Å². The van der Waals surface area contributed by atoms with Crippen LogP contribution in [0.25, 0.3) is 6.08 Å². The van der Waals surface area contributed by atoms with Crippen LogP contribution in [0.1, 0.15) is 36.7 Å². The monoisotopic (exact) mass is 276 g/mol. The van der Waals surface area contributed by atoms with Gasteiger partial charge in [0, 0.05) is 6.08 Å². The molecule has 0 aromatic heterocycles. The van der Waals surface area contributed by atoms with Crippen LogP contribution in [0.4, 0.5) is 0 Å². The van der Waals surface area contributed by atoms with E-state index in [-0.39, 0.29) is 17.4 Å². The van der Waals surface area contributed by atoms with E-state index in [1.807, 2.05) is 20.8 Å². The van der Waals surface area contributed by atoms with Crippen LogP contribution in [-0.2, 0) is 14.3 Å². The third-order valence-corrected chi connectivity index (χ3v) is 2.39. The summed E-state index contributed by atoms with van der Waals surface area (Å²) in [5.41, 5.74) is 1.23. The van der Waals surface area contributed by atoms with Gasteiger partial charge >= 0.3 is 11.9 Å². The molecule has 0 radical (unpaired) electrons. The van der Waals surface area contributed by atoms with E-state index < -0.39 is 0 Å². The molecule has 0 unspecified atom stereocenters. The van der Waals surface area contributed by atoms with Crippen molar-refractivity contribution in [1.82, 2.24) is 0 Å². The maximum atomic E-state index is 11.5. The van der Waals surface area contributed by atoms with Crippen molar-refractivity contribution in [1.29, 1.82) is 0 Å². The Kier molecular flexibility index (Phi) is 5.50. The highest BCUT2D eigenvalue weighted by atomic mass is 16.5. The maximum absolute atomic E-state index is 11.5. The number of methoxy groups -OCH3 is 1. The van der Waals surface area contributed by atoms with E-state index >= 15 is 0 Å². The average molecular weight is 276 g/mol. The molecule has 0 spiro atoms. The molecule has 0 aliphatic carbocycles. The Morgan fingerprint density at radius 2 is 1.75 bits per heavy atom. The average Bonchev–Trinajstić information content (AvgIpc) is 2.41. The number of esters is 2. The molecule has 20 heavy (non-hydrogen) atoms. The Morgan fingerprint density at radius 3 is 2.25 bits per heavy atom. The lowest BCUT2D eigenvalue weighted by atomic mass is 9.99. The number of carbonyl (C=O) groups is 2. The molecule has 0 aliphatic heterocycles. The molecule has 1 aromatic carbocycles. The molecule has 108 valence electrons. The zero-order valence-electron chi connectivity index (χ0n) is 12.3. The zero-order chi connectivity index (χ0) is 15.2. The van der Waals surface area contributed by atoms with Gasteiger partial charge in [-0.2, -0.15) is 0 Å². The highest BCUT2D eigenvalue weighted by molar-refractivity contribution is 5.90. The third kappa shape index (κ3) is 5.69. The van der Waals surface area contributed by atoms with Gasteiger partial charge < -0.3 is 9.47 Å². The van der Waals surface area contributed by atoms with Crippen LogP contribution in [0.3, 0.4) is 0 Å². The summed E-state index contributed by atoms with van der Waals surface area (Å²) in [4.78, 5) is 22.8. The summed E-state index contributed by atoms with van der Waals surface area (Å²) < 4.78 is 9.71. The minimum absolute atomic E-state index is 0.0499. The number of ether oxygens (including phenoxy) is 2. The van der Waals surface area contributed by atoms with Crippen LogP contribution in [0, 0.1) is 5.41 Å². The second-order valence-corrected chi connectivity index (χ2v) is 5.62. The summed E-state index contributed by atoms with van der Waals surface area (Å²) >= 11 is 0. The van der Waals surface area contributed by atoms with E-state index in [1.165, 1.54) is 13.2 Å². The number of benzene rings is 1. The van der Waals surface area contributed by atoms with Crippen LogP contribution in [0.15, 0.2) is 30.3 Å². The quantitative estimate of drug-likeness (QED) is 0.626. The fourth-order valence-corrected chi connectivity index (χ4v) is 1.35. The van der Waals surface area contributed by atoms with Gasteiger partial charge in [0.1, 0.15) is 0 Å². The molecule has 0 N–H and O–H groups in total. The maximum Gasteiger partial charge on any atom is 0.337 e. The van der Waals surface area contributed by atoms with E-state index in [0.717, 1.165) is 5.56 Å². The third-order valence-electron chi connectivity index (χ3n) is 2.39. The van der Waals surface area contributed by atoms with Gasteiger partial charge in [0.2, 0.25) is 0 Å². The molecule has 1 rings (SSSR count). The van der Waals surface area contributed by atoms with Crippen LogP contribution in [0.2, 0.25) is 0 Å². The van der Waals surface area contributed by atoms with Gasteiger partial charge in [-0.25, -0.2) is 9.59 Å². The second-order valence-electron chi connectivity index (χ2n) is 5.62. The number of hydrogen-bond acceptors (Lipinski definition) is 4. The standard InChI is InChI=1S/C16H20O4/c1-16(2,3)11-20-14(17)10-7-12-5-8-13(9-6-12)15(18)19-4/h5-10H,11H2,1-4H3/b10-7+. The summed E-state index contributed by atoms with van der Waals surface area (Å²) in [6.45, 7) is 6.36. The summed E-state index contributed by atoms with van der Waals surface area (Å²) in [6.07, 6.45) is 3.02. The van der Waals surface area contributed by atoms with E-state index in [2.05, 4.69) is 4.74 Å². The van der Waals surface area contributed by atoms with Gasteiger partial charge in [0.15, 0.2) is 0 Å². The highest BCUT2D eigenvalue weighted by Crippen LogP contribution is 2.13. The lowest BCUT2D eigenvalue weighted by molar-refractivity contribution is -0.140. The van der Waals surface area contributed by atoms with Gasteiger partial charge in [0.05, 0.1) is 19.3 Å². The first-order chi connectivity index (χ1) is 9.31. The SMILES string of the molecule is COC(=O)c1ccc(/C=C/C(=O)OCC(C)(C)C)cc1. The molecule has 0 heterocycles. The lowest BCUT2D eigenvalue weighted by Gasteiger charge is -2.16. The number of hydrogen-bond donors (Lipinski definition) is 0. The molecule has 1 aromatic rings. The topological polar surface area (TPSA) is 52.6 Å². The minimum Gasteiger partial charge on any atom is -0.465 e. The molecule has 0 bridgehead atoms. The number of carbonyl (C=O) groups excluding carboxylic acids is 2. The largest absolute Gasteiger partial charge is 0.465 e. The normalized spacial score (nSPS) is 11.4. The highest BCUT2D eigenvalue weighted by Gasteiger charge is 2.12. The molecule has 0 atom stereocenters. The summed E-state index contributed by atoms with van der Waals surface area (Å²) in [7, 11) is 1.33. The summed E-state index contributed by atoms with van der Waals surface area (Å²) in [5.74, 6) is -0.762. The van der Waals surface area contributed by atoms with Gasteiger partial charge in [0.25, 0.3) is 0 Å². The van der Waals surface area contributed by atoms with Crippen LogP contribution in [-0.4, -0.2) is 25.7 Å². The van der Waals surface area contributed by atoms with Crippen molar-refractivity contribution in [2.24, 2.45) is 5.41 Å². The predicted octanol–water partition coefficient (Wildman–Crippen LogP) is 3.08. The van der Waals surface area contributed by atoms with Crippen molar-refractivity contribution >= 4 is 18.0 Å². The van der Waals surface area contributed by atoms with Gasteiger partial charge in [-0.1, -0.05) is 32.9 Å². The molecule has 0 aliphatic rings. The van der Waals surface area contributed by atoms with Gasteiger partial charge in [-0.15, -0.1) is 0 Å². The van der Waals surface area contributed by atoms with Gasteiger partial charge in [-0.3, -0.25) is 0 Å². The zero-order valence-corrected chi connectivity index (χ0v) is 12.3. The predicted molar refractivity (Wildman–Crippen MR) is 77.2 cm³/mol. The molecule has 0 saturated heterocycles. The summed E-state index contributed by atoms with van der Waals surface area (Å²) in [5, 5.41) is 0. The Balaban J connectivity index is 2.58. The van der Waals surface area contributed by atoms with Crippen LogP contribution < -0.4 is 0 Å². The summed E-state index contributed by atoms with van der Waals surface area (Å²) in [6, 6.07) is 6.76. The molecular formula is C16H20O4. The lowest BCUT2D eigenvalue weighted by Crippen LogP contribution is -2.17. The van der Waals surface area contributed by atoms with Crippen molar-refractivity contribution in [2.45, 2.75) is 20.8 Å². The Labute approximate surface area is 119 Å². The Morgan fingerprint density at radius 1 is 1.15 bits per heavy atom. The number of rotatable bonds is 4. The molecule has 4 nitrogen and oxygen atoms in total.